The summed E-state index contributed by atoms with van der Waals surface area (Å²) in [4.78, 5) is 12.2. The van der Waals surface area contributed by atoms with Gasteiger partial charge in [-0.15, -0.1) is 0 Å². The minimum absolute atomic E-state index is 0.0542. The maximum Gasteiger partial charge on any atom is 0.223 e. The van der Waals surface area contributed by atoms with E-state index in [-0.39, 0.29) is 11.9 Å². The van der Waals surface area contributed by atoms with Gasteiger partial charge >= 0.3 is 0 Å². The summed E-state index contributed by atoms with van der Waals surface area (Å²) in [6.45, 7) is 9.32. The van der Waals surface area contributed by atoms with Gasteiger partial charge in [0.15, 0.2) is 11.5 Å². The second-order valence-corrected chi connectivity index (χ2v) is 6.27. The van der Waals surface area contributed by atoms with Crippen molar-refractivity contribution in [2.24, 2.45) is 0 Å². The van der Waals surface area contributed by atoms with Gasteiger partial charge in [0.1, 0.15) is 5.75 Å². The lowest BCUT2D eigenvalue weighted by molar-refractivity contribution is -0.122. The van der Waals surface area contributed by atoms with E-state index in [0.29, 0.717) is 37.7 Å². The van der Waals surface area contributed by atoms with Gasteiger partial charge in [0.05, 0.1) is 32.3 Å². The highest BCUT2D eigenvalue weighted by atomic mass is 16.5. The van der Waals surface area contributed by atoms with Gasteiger partial charge in [-0.2, -0.15) is 0 Å². The molecule has 0 aliphatic heterocycles. The Bertz CT molecular complexity index is 728. The van der Waals surface area contributed by atoms with Gasteiger partial charge in [0, 0.05) is 0 Å². The Morgan fingerprint density at radius 1 is 0.963 bits per heavy atom. The number of aryl methyl sites for hydroxylation is 1. The second-order valence-electron chi connectivity index (χ2n) is 6.27. The minimum atomic E-state index is -0.133. The Morgan fingerprint density at radius 3 is 2.30 bits per heavy atom. The maximum absolute atomic E-state index is 12.2. The highest BCUT2D eigenvalue weighted by Crippen LogP contribution is 2.30. The van der Waals surface area contributed by atoms with Crippen molar-refractivity contribution >= 4 is 5.91 Å². The number of rotatable bonds is 10. The molecule has 5 heteroatoms. The van der Waals surface area contributed by atoms with Gasteiger partial charge < -0.3 is 19.5 Å². The Balaban J connectivity index is 1.87. The topological polar surface area (TPSA) is 56.8 Å². The van der Waals surface area contributed by atoms with Crippen LogP contribution in [0.5, 0.6) is 17.2 Å². The molecule has 0 spiro atoms. The summed E-state index contributed by atoms with van der Waals surface area (Å²) < 4.78 is 16.8. The molecule has 0 unspecified atom stereocenters. The van der Waals surface area contributed by atoms with E-state index in [4.69, 9.17) is 14.2 Å². The maximum atomic E-state index is 12.2. The van der Waals surface area contributed by atoms with Crippen molar-refractivity contribution in [3.05, 3.63) is 53.6 Å². The summed E-state index contributed by atoms with van der Waals surface area (Å²) in [7, 11) is 0. The number of carbonyl (C=O) groups excluding carboxylic acids is 1. The van der Waals surface area contributed by atoms with Gasteiger partial charge in [-0.3, -0.25) is 4.79 Å². The van der Waals surface area contributed by atoms with E-state index in [0.717, 1.165) is 11.3 Å². The summed E-state index contributed by atoms with van der Waals surface area (Å²) in [6.07, 6.45) is 0.299. The van der Waals surface area contributed by atoms with Crippen molar-refractivity contribution in [1.29, 1.82) is 0 Å². The number of hydrogen-bond acceptors (Lipinski definition) is 4. The van der Waals surface area contributed by atoms with Crippen molar-refractivity contribution in [3.63, 3.8) is 0 Å². The van der Waals surface area contributed by atoms with E-state index in [1.165, 1.54) is 5.56 Å². The lowest BCUT2D eigenvalue weighted by atomic mass is 10.1. The Morgan fingerprint density at radius 2 is 1.63 bits per heavy atom. The lowest BCUT2D eigenvalue weighted by Gasteiger charge is -2.17. The number of nitrogens with one attached hydrogen (secondary N) is 1. The fraction of sp³-hybridized carbons (Fsp3) is 0.409. The van der Waals surface area contributed by atoms with Crippen LogP contribution in [0.15, 0.2) is 42.5 Å². The first kappa shape index (κ1) is 20.6. The van der Waals surface area contributed by atoms with Crippen molar-refractivity contribution in [1.82, 2.24) is 5.32 Å². The molecule has 2 aromatic rings. The SMILES string of the molecule is CCOc1ccc([C@@H](C)NC(=O)CCOc2ccc(C)cc2)cc1OCC. The second kappa shape index (κ2) is 10.5. The van der Waals surface area contributed by atoms with Crippen LogP contribution in [-0.4, -0.2) is 25.7 Å². The number of ether oxygens (including phenoxy) is 3. The molecule has 0 radical (unpaired) electrons. The molecule has 0 aromatic heterocycles. The fourth-order valence-electron chi connectivity index (χ4n) is 2.63. The fourth-order valence-corrected chi connectivity index (χ4v) is 2.63. The van der Waals surface area contributed by atoms with E-state index >= 15 is 0 Å². The smallest absolute Gasteiger partial charge is 0.223 e. The molecule has 0 saturated heterocycles. The molecule has 146 valence electrons. The number of carbonyl (C=O) groups is 1. The summed E-state index contributed by atoms with van der Waals surface area (Å²) in [5.74, 6) is 2.13. The lowest BCUT2D eigenvalue weighted by Crippen LogP contribution is -2.27. The molecular formula is C22H29NO4. The number of benzene rings is 2. The highest BCUT2D eigenvalue weighted by molar-refractivity contribution is 5.76. The van der Waals surface area contributed by atoms with Crippen molar-refractivity contribution in [3.8, 4) is 17.2 Å². The Kier molecular flexibility index (Phi) is 7.99. The van der Waals surface area contributed by atoms with E-state index in [1.54, 1.807) is 0 Å². The zero-order valence-corrected chi connectivity index (χ0v) is 16.6. The molecule has 27 heavy (non-hydrogen) atoms. The zero-order chi connectivity index (χ0) is 19.6. The summed E-state index contributed by atoms with van der Waals surface area (Å²) >= 11 is 0. The quantitative estimate of drug-likeness (QED) is 0.671. The standard InChI is InChI=1S/C22H29NO4/c1-5-25-20-12-9-18(15-21(20)26-6-2)17(4)23-22(24)13-14-27-19-10-7-16(3)8-11-19/h7-12,15,17H,5-6,13-14H2,1-4H3,(H,23,24)/t17-/m1/s1. The van der Waals surface area contributed by atoms with E-state index in [9.17, 15) is 4.79 Å². The molecule has 1 N–H and O–H groups in total. The van der Waals surface area contributed by atoms with Crippen molar-refractivity contribution in [2.45, 2.75) is 40.2 Å². The van der Waals surface area contributed by atoms with Crippen molar-refractivity contribution < 1.29 is 19.0 Å². The first-order valence-corrected chi connectivity index (χ1v) is 9.41. The van der Waals surface area contributed by atoms with Crippen LogP contribution in [0.3, 0.4) is 0 Å². The molecule has 0 fully saturated rings. The molecule has 0 bridgehead atoms. The minimum Gasteiger partial charge on any atom is -0.493 e. The van der Waals surface area contributed by atoms with Crippen LogP contribution in [-0.2, 0) is 4.79 Å². The van der Waals surface area contributed by atoms with Crippen LogP contribution >= 0.6 is 0 Å². The molecule has 1 amide bonds. The van der Waals surface area contributed by atoms with Crippen LogP contribution in [0.25, 0.3) is 0 Å². The van der Waals surface area contributed by atoms with Crippen LogP contribution in [0.4, 0.5) is 0 Å². The molecule has 0 aliphatic rings. The third-order valence-electron chi connectivity index (χ3n) is 4.06. The van der Waals surface area contributed by atoms with E-state index in [2.05, 4.69) is 5.32 Å². The average Bonchev–Trinajstić information content (AvgIpc) is 2.65. The zero-order valence-electron chi connectivity index (χ0n) is 16.6. The molecule has 0 saturated carbocycles. The number of amides is 1. The van der Waals surface area contributed by atoms with Crippen LogP contribution in [0.2, 0.25) is 0 Å². The van der Waals surface area contributed by atoms with Gasteiger partial charge in [-0.05, 0) is 57.5 Å². The van der Waals surface area contributed by atoms with Crippen LogP contribution in [0.1, 0.15) is 44.4 Å². The van der Waals surface area contributed by atoms with Crippen LogP contribution < -0.4 is 19.5 Å². The predicted octanol–water partition coefficient (Wildman–Crippen LogP) is 4.44. The molecule has 1 atom stereocenters. The third kappa shape index (κ3) is 6.51. The van der Waals surface area contributed by atoms with Gasteiger partial charge in [0.2, 0.25) is 5.91 Å². The largest absolute Gasteiger partial charge is 0.493 e. The average molecular weight is 371 g/mol. The third-order valence-corrected chi connectivity index (χ3v) is 4.06. The summed E-state index contributed by atoms with van der Waals surface area (Å²) in [5.41, 5.74) is 2.14. The Hall–Kier alpha value is -2.69. The van der Waals surface area contributed by atoms with Gasteiger partial charge in [0.25, 0.3) is 0 Å². The first-order valence-electron chi connectivity index (χ1n) is 9.41. The first-order chi connectivity index (χ1) is 13.0. The number of hydrogen-bond donors (Lipinski definition) is 1. The molecule has 2 aromatic carbocycles. The summed E-state index contributed by atoms with van der Waals surface area (Å²) in [6, 6.07) is 13.4. The molecule has 5 nitrogen and oxygen atoms in total. The summed E-state index contributed by atoms with van der Waals surface area (Å²) in [5, 5.41) is 3.00. The van der Waals surface area contributed by atoms with E-state index in [1.807, 2.05) is 70.2 Å². The molecule has 0 aliphatic carbocycles. The van der Waals surface area contributed by atoms with Crippen molar-refractivity contribution in [2.75, 3.05) is 19.8 Å². The van der Waals surface area contributed by atoms with Gasteiger partial charge in [-0.25, -0.2) is 0 Å². The van der Waals surface area contributed by atoms with E-state index < -0.39 is 0 Å². The molecule has 0 heterocycles. The van der Waals surface area contributed by atoms with Gasteiger partial charge in [-0.1, -0.05) is 23.8 Å². The molecular weight excluding hydrogens is 342 g/mol. The monoisotopic (exact) mass is 371 g/mol. The van der Waals surface area contributed by atoms with Crippen LogP contribution in [0, 0.1) is 6.92 Å². The molecule has 2 rings (SSSR count). The normalized spacial score (nSPS) is 11.6. The Labute approximate surface area is 161 Å². The predicted molar refractivity (Wildman–Crippen MR) is 107 cm³/mol. The highest BCUT2D eigenvalue weighted by Gasteiger charge is 2.13.